The van der Waals surface area contributed by atoms with Crippen LogP contribution >= 0.6 is 0 Å². The van der Waals surface area contributed by atoms with Gasteiger partial charge < -0.3 is 34.5 Å². The molecule has 12 nitrogen and oxygen atoms in total. The third-order valence-electron chi connectivity index (χ3n) is 10.6. The summed E-state index contributed by atoms with van der Waals surface area (Å²) >= 11 is 0. The normalized spacial score (nSPS) is 22.5. The number of nitriles is 1. The number of aromatic hydroxyl groups is 2. The molecule has 6 rings (SSSR count). The van der Waals surface area contributed by atoms with Gasteiger partial charge in [-0.3, -0.25) is 19.4 Å². The zero-order valence-electron chi connectivity index (χ0n) is 28.8. The van der Waals surface area contributed by atoms with Gasteiger partial charge in [-0.25, -0.2) is 0 Å². The summed E-state index contributed by atoms with van der Waals surface area (Å²) in [5.41, 5.74) is 4.58. The fourth-order valence-corrected chi connectivity index (χ4v) is 8.56. The number of nitrogens with zero attached hydrogens (tertiary/aromatic N) is 3. The SMILES string of the molecule is COc1c(C)c(OC)c2c(c1O)[C@H]1[C@@H]3Cc4c(OC)c(C)c(OC)c(O)c4[C@H](CNC(=O)C(=O)Cc4ccccc4)N3[C@@H](C#N)[C@@H](C2)N1C. The third kappa shape index (κ3) is 5.19. The standard InChI is InChI=1S/C37H42N4O8/c1-18-33(46-4)21-15-24-30-29-22(34(47-5)19(2)36(49-7)32(29)44)14-23(40(30)3)25(16-38)41(24)26(28(21)31(43)35(18)48-6)17-39-37(45)27(42)13-20-11-9-8-10-12-20/h8-12,23-26,30,43-44H,13-15,17H2,1-7H3,(H,39,45)/t23-,24+,25+,26+,30-/m1/s1. The Balaban J connectivity index is 1.52. The van der Waals surface area contributed by atoms with E-state index in [0.29, 0.717) is 63.5 Å². The van der Waals surface area contributed by atoms with Crippen LogP contribution in [0.4, 0.5) is 0 Å². The van der Waals surface area contributed by atoms with E-state index in [1.807, 2.05) is 24.9 Å². The lowest BCUT2D eigenvalue weighted by atomic mass is 9.71. The Kier molecular flexibility index (Phi) is 9.09. The molecular formula is C37H42N4O8. The van der Waals surface area contributed by atoms with Crippen LogP contribution in [0.1, 0.15) is 51.0 Å². The van der Waals surface area contributed by atoms with Crippen LogP contribution in [0.25, 0.3) is 0 Å². The first-order chi connectivity index (χ1) is 23.5. The number of ketones is 1. The van der Waals surface area contributed by atoms with E-state index < -0.39 is 35.9 Å². The van der Waals surface area contributed by atoms with E-state index in [1.54, 1.807) is 45.4 Å². The molecule has 0 saturated carbocycles. The van der Waals surface area contributed by atoms with Gasteiger partial charge in [-0.15, -0.1) is 0 Å². The van der Waals surface area contributed by atoms with Gasteiger partial charge >= 0.3 is 0 Å². The quantitative estimate of drug-likeness (QED) is 0.287. The van der Waals surface area contributed by atoms with Crippen LogP contribution in [-0.2, 0) is 28.9 Å². The van der Waals surface area contributed by atoms with Gasteiger partial charge in [0.15, 0.2) is 23.0 Å². The Bertz CT molecular complexity index is 1860. The van der Waals surface area contributed by atoms with Crippen LogP contribution in [0.15, 0.2) is 30.3 Å². The maximum Gasteiger partial charge on any atom is 0.287 e. The number of benzene rings is 3. The number of phenols is 2. The van der Waals surface area contributed by atoms with Crippen molar-refractivity contribution in [2.45, 2.75) is 63.3 Å². The second-order valence-corrected chi connectivity index (χ2v) is 12.9. The molecule has 1 amide bonds. The predicted molar refractivity (Wildman–Crippen MR) is 180 cm³/mol. The van der Waals surface area contributed by atoms with E-state index in [-0.39, 0.29) is 36.3 Å². The molecule has 49 heavy (non-hydrogen) atoms. The number of carbonyl (C=O) groups is 2. The van der Waals surface area contributed by atoms with E-state index >= 15 is 0 Å². The maximum atomic E-state index is 13.3. The number of phenolic OH excluding ortho intramolecular Hbond substituents is 2. The average molecular weight is 671 g/mol. The molecule has 0 unspecified atom stereocenters. The lowest BCUT2D eigenvalue weighted by Gasteiger charge is -2.60. The van der Waals surface area contributed by atoms with Gasteiger partial charge in [-0.2, -0.15) is 5.26 Å². The minimum atomic E-state index is -0.771. The molecule has 3 aliphatic heterocycles. The van der Waals surface area contributed by atoms with Crippen molar-refractivity contribution in [1.82, 2.24) is 15.1 Å². The third-order valence-corrected chi connectivity index (χ3v) is 10.6. The Morgan fingerprint density at radius 1 is 0.857 bits per heavy atom. The van der Waals surface area contributed by atoms with Crippen molar-refractivity contribution in [2.24, 2.45) is 0 Å². The van der Waals surface area contributed by atoms with Crippen molar-refractivity contribution < 1.29 is 38.7 Å². The van der Waals surface area contributed by atoms with Crippen molar-refractivity contribution >= 4 is 11.7 Å². The highest BCUT2D eigenvalue weighted by Gasteiger charge is 2.57. The summed E-state index contributed by atoms with van der Waals surface area (Å²) in [5, 5.41) is 37.3. The minimum Gasteiger partial charge on any atom is -0.504 e. The Labute approximate surface area is 285 Å². The summed E-state index contributed by atoms with van der Waals surface area (Å²) in [6.07, 6.45) is 0.645. The molecule has 0 spiro atoms. The smallest absolute Gasteiger partial charge is 0.287 e. The van der Waals surface area contributed by atoms with Gasteiger partial charge in [0.2, 0.25) is 5.78 Å². The summed E-state index contributed by atoms with van der Waals surface area (Å²) < 4.78 is 23.2. The first-order valence-electron chi connectivity index (χ1n) is 16.2. The minimum absolute atomic E-state index is 0.00402. The van der Waals surface area contributed by atoms with E-state index in [4.69, 9.17) is 18.9 Å². The highest BCUT2D eigenvalue weighted by Crippen LogP contribution is 2.58. The number of hydrogen-bond donors (Lipinski definition) is 3. The predicted octanol–water partition coefficient (Wildman–Crippen LogP) is 3.45. The number of fused-ring (bicyclic) bond motifs is 7. The number of ether oxygens (including phenoxy) is 4. The number of Topliss-reactive ketones (excluding diaryl/α,β-unsaturated/α-hetero) is 1. The lowest BCUT2D eigenvalue weighted by Crippen LogP contribution is -2.68. The number of rotatable bonds is 9. The summed E-state index contributed by atoms with van der Waals surface area (Å²) in [6.45, 7) is 3.54. The monoisotopic (exact) mass is 670 g/mol. The molecule has 258 valence electrons. The molecule has 3 aromatic rings. The van der Waals surface area contributed by atoms with Crippen LogP contribution in [0.5, 0.6) is 34.5 Å². The number of hydrogen-bond acceptors (Lipinski definition) is 11. The molecule has 3 aliphatic rings. The second kappa shape index (κ2) is 13.1. The van der Waals surface area contributed by atoms with Gasteiger partial charge in [0, 0.05) is 58.4 Å². The van der Waals surface area contributed by atoms with Gasteiger partial charge in [-0.05, 0) is 39.3 Å². The van der Waals surface area contributed by atoms with Crippen LogP contribution in [0.3, 0.4) is 0 Å². The number of methoxy groups -OCH3 is 4. The van der Waals surface area contributed by atoms with Crippen molar-refractivity contribution in [3.05, 3.63) is 69.3 Å². The van der Waals surface area contributed by atoms with Gasteiger partial charge in [0.05, 0.1) is 46.6 Å². The fourth-order valence-electron chi connectivity index (χ4n) is 8.56. The molecule has 1 saturated heterocycles. The van der Waals surface area contributed by atoms with E-state index in [2.05, 4.69) is 16.3 Å². The topological polar surface area (TPSA) is 154 Å². The van der Waals surface area contributed by atoms with Crippen molar-refractivity contribution in [3.8, 4) is 40.6 Å². The molecule has 0 aromatic heterocycles. The van der Waals surface area contributed by atoms with Crippen molar-refractivity contribution in [1.29, 1.82) is 5.26 Å². The first-order valence-corrected chi connectivity index (χ1v) is 16.2. The first kappa shape index (κ1) is 33.9. The van der Waals surface area contributed by atoms with E-state index in [0.717, 1.165) is 5.56 Å². The molecule has 0 radical (unpaired) electrons. The van der Waals surface area contributed by atoms with E-state index in [1.165, 1.54) is 14.2 Å². The molecule has 12 heteroatoms. The zero-order valence-corrected chi connectivity index (χ0v) is 28.8. The Hall–Kier alpha value is -4.99. The van der Waals surface area contributed by atoms with Crippen LogP contribution < -0.4 is 24.3 Å². The van der Waals surface area contributed by atoms with Crippen LogP contribution in [0, 0.1) is 25.2 Å². The molecular weight excluding hydrogens is 628 g/mol. The molecule has 0 aliphatic carbocycles. The zero-order chi connectivity index (χ0) is 35.3. The molecule has 2 bridgehead atoms. The van der Waals surface area contributed by atoms with Gasteiger partial charge in [0.25, 0.3) is 5.91 Å². The number of likely N-dealkylation sites (N-methyl/N-ethyl adjacent to an activating group) is 1. The Morgan fingerprint density at radius 3 is 1.94 bits per heavy atom. The van der Waals surface area contributed by atoms with Crippen molar-refractivity contribution in [3.63, 3.8) is 0 Å². The number of piperazine rings is 1. The summed E-state index contributed by atoms with van der Waals surface area (Å²) in [7, 11) is 8.03. The number of carbonyl (C=O) groups excluding carboxylic acids is 2. The number of nitrogens with one attached hydrogen (secondary N) is 1. The lowest BCUT2D eigenvalue weighted by molar-refractivity contribution is -0.138. The van der Waals surface area contributed by atoms with Crippen molar-refractivity contribution in [2.75, 3.05) is 42.0 Å². The molecule has 5 atom stereocenters. The summed E-state index contributed by atoms with van der Waals surface area (Å²) in [6, 6.07) is 8.79. The maximum absolute atomic E-state index is 13.3. The summed E-state index contributed by atoms with van der Waals surface area (Å²) in [4.78, 5) is 30.5. The van der Waals surface area contributed by atoms with Crippen LogP contribution in [-0.4, -0.2) is 91.9 Å². The number of amides is 1. The second-order valence-electron chi connectivity index (χ2n) is 12.9. The summed E-state index contributed by atoms with van der Waals surface area (Å²) in [5.74, 6) is 0.155. The van der Waals surface area contributed by atoms with E-state index in [9.17, 15) is 25.1 Å². The Morgan fingerprint density at radius 2 is 1.39 bits per heavy atom. The fraction of sp³-hybridized carbons (Fsp3) is 0.432. The molecule has 3 heterocycles. The molecule has 3 N–H and O–H groups in total. The van der Waals surface area contributed by atoms with Crippen LogP contribution in [0.2, 0.25) is 0 Å². The average Bonchev–Trinajstić information content (AvgIpc) is 3.08. The molecule has 1 fully saturated rings. The van der Waals surface area contributed by atoms with Gasteiger partial charge in [-0.1, -0.05) is 30.3 Å². The largest absolute Gasteiger partial charge is 0.504 e. The molecule has 3 aromatic carbocycles. The highest BCUT2D eigenvalue weighted by molar-refractivity contribution is 6.36. The van der Waals surface area contributed by atoms with Gasteiger partial charge in [0.1, 0.15) is 17.5 Å². The highest BCUT2D eigenvalue weighted by atomic mass is 16.5.